The van der Waals surface area contributed by atoms with Crippen molar-refractivity contribution in [3.05, 3.63) is 42.2 Å². The molecule has 0 spiro atoms. The minimum Gasteiger partial charge on any atom is -0.353 e. The number of alkyl halides is 1. The second-order valence-corrected chi connectivity index (χ2v) is 6.19. The van der Waals surface area contributed by atoms with Gasteiger partial charge in [-0.2, -0.15) is 0 Å². The minimum atomic E-state index is -1.11. The zero-order valence-corrected chi connectivity index (χ0v) is 13.9. The van der Waals surface area contributed by atoms with E-state index in [1.165, 1.54) is 18.8 Å². The number of piperidine rings is 1. The third-order valence-electron chi connectivity index (χ3n) is 4.25. The summed E-state index contributed by atoms with van der Waals surface area (Å²) in [6, 6.07) is 9.57. The number of aryl methyl sites for hydroxylation is 1. The van der Waals surface area contributed by atoms with Crippen LogP contribution in [0.2, 0.25) is 0 Å². The van der Waals surface area contributed by atoms with Gasteiger partial charge in [-0.3, -0.25) is 4.79 Å². The molecule has 0 bridgehead atoms. The maximum atomic E-state index is 14.3. The van der Waals surface area contributed by atoms with Gasteiger partial charge in [-0.15, -0.1) is 0 Å². The van der Waals surface area contributed by atoms with Crippen LogP contribution < -0.4 is 10.2 Å². The Morgan fingerprint density at radius 2 is 2.04 bits per heavy atom. The summed E-state index contributed by atoms with van der Waals surface area (Å²) >= 11 is 0. The summed E-state index contributed by atoms with van der Waals surface area (Å²) in [5.41, 5.74) is 3.02. The van der Waals surface area contributed by atoms with Crippen molar-refractivity contribution >= 4 is 11.7 Å². The number of anilines is 1. The average Bonchev–Trinajstić information content (AvgIpc) is 2.57. The van der Waals surface area contributed by atoms with Crippen molar-refractivity contribution in [2.24, 2.45) is 0 Å². The number of amides is 1. The zero-order valence-electron chi connectivity index (χ0n) is 13.9. The van der Waals surface area contributed by atoms with E-state index < -0.39 is 12.2 Å². The maximum Gasteiger partial charge on any atom is 0.217 e. The van der Waals surface area contributed by atoms with E-state index in [1.807, 2.05) is 42.2 Å². The molecule has 1 aliphatic rings. The van der Waals surface area contributed by atoms with E-state index in [1.54, 1.807) is 0 Å². The molecule has 1 aromatic carbocycles. The Labute approximate surface area is 140 Å². The van der Waals surface area contributed by atoms with Gasteiger partial charge in [0.25, 0.3) is 0 Å². The lowest BCUT2D eigenvalue weighted by Gasteiger charge is -2.35. The van der Waals surface area contributed by atoms with E-state index in [2.05, 4.69) is 15.3 Å². The number of carbonyl (C=O) groups excluding carboxylic acids is 1. The fourth-order valence-electron chi connectivity index (χ4n) is 2.94. The molecule has 1 aromatic heterocycles. The van der Waals surface area contributed by atoms with E-state index in [-0.39, 0.29) is 12.5 Å². The molecule has 0 saturated carbocycles. The molecule has 1 fully saturated rings. The molecule has 0 aliphatic carbocycles. The number of nitrogens with one attached hydrogen (secondary N) is 1. The number of halogens is 1. The molecular weight excluding hydrogens is 307 g/mol. The van der Waals surface area contributed by atoms with E-state index in [0.29, 0.717) is 18.8 Å². The zero-order chi connectivity index (χ0) is 17.1. The summed E-state index contributed by atoms with van der Waals surface area (Å²) in [7, 11) is 0. The van der Waals surface area contributed by atoms with Gasteiger partial charge in [0, 0.05) is 25.1 Å². The van der Waals surface area contributed by atoms with Gasteiger partial charge in [0.2, 0.25) is 5.91 Å². The van der Waals surface area contributed by atoms with Crippen LogP contribution in [0.25, 0.3) is 11.3 Å². The van der Waals surface area contributed by atoms with Crippen molar-refractivity contribution in [3.8, 4) is 11.3 Å². The van der Waals surface area contributed by atoms with Gasteiger partial charge in [-0.05, 0) is 13.3 Å². The van der Waals surface area contributed by atoms with Crippen LogP contribution in [0.4, 0.5) is 10.2 Å². The van der Waals surface area contributed by atoms with Crippen LogP contribution >= 0.6 is 0 Å². The topological polar surface area (TPSA) is 58.1 Å². The summed E-state index contributed by atoms with van der Waals surface area (Å²) in [4.78, 5) is 21.6. The first-order chi connectivity index (χ1) is 11.5. The predicted octanol–water partition coefficient (Wildman–Crippen LogP) is 2.50. The Balaban J connectivity index is 1.75. The lowest BCUT2D eigenvalue weighted by Crippen LogP contribution is -2.52. The summed E-state index contributed by atoms with van der Waals surface area (Å²) in [5.74, 6) is 0.518. The SMILES string of the molecule is CC(=O)N[C@H]1CCN(c2cc(-c3ccc(C)cc3)ncn2)C[C@@H]1F. The summed E-state index contributed by atoms with van der Waals surface area (Å²) < 4.78 is 14.3. The molecule has 5 nitrogen and oxygen atoms in total. The number of benzene rings is 1. The quantitative estimate of drug-likeness (QED) is 0.940. The third-order valence-corrected chi connectivity index (χ3v) is 4.25. The van der Waals surface area contributed by atoms with Gasteiger partial charge in [-0.1, -0.05) is 29.8 Å². The van der Waals surface area contributed by atoms with Crippen molar-refractivity contribution in [3.63, 3.8) is 0 Å². The minimum absolute atomic E-state index is 0.195. The van der Waals surface area contributed by atoms with Gasteiger partial charge in [0.1, 0.15) is 18.3 Å². The lowest BCUT2D eigenvalue weighted by molar-refractivity contribution is -0.120. The maximum absolute atomic E-state index is 14.3. The van der Waals surface area contributed by atoms with Crippen LogP contribution in [0.3, 0.4) is 0 Å². The Kier molecular flexibility index (Phi) is 4.74. The number of hydrogen-bond acceptors (Lipinski definition) is 4. The molecule has 3 rings (SSSR count). The lowest BCUT2D eigenvalue weighted by atomic mass is 10.0. The highest BCUT2D eigenvalue weighted by molar-refractivity contribution is 5.73. The molecule has 1 aliphatic heterocycles. The fourth-order valence-corrected chi connectivity index (χ4v) is 2.94. The van der Waals surface area contributed by atoms with Crippen molar-refractivity contribution in [1.82, 2.24) is 15.3 Å². The van der Waals surface area contributed by atoms with Crippen molar-refractivity contribution in [2.75, 3.05) is 18.0 Å². The molecule has 1 amide bonds. The third kappa shape index (κ3) is 3.69. The highest BCUT2D eigenvalue weighted by Gasteiger charge is 2.30. The molecule has 2 heterocycles. The van der Waals surface area contributed by atoms with Crippen LogP contribution in [0.5, 0.6) is 0 Å². The number of hydrogen-bond donors (Lipinski definition) is 1. The fraction of sp³-hybridized carbons (Fsp3) is 0.389. The van der Waals surface area contributed by atoms with Crippen LogP contribution in [-0.2, 0) is 4.79 Å². The standard InChI is InChI=1S/C18H21FN4O/c1-12-3-5-14(6-4-12)17-9-18(21-11-20-17)23-8-7-16(15(19)10-23)22-13(2)24/h3-6,9,11,15-16H,7-8,10H2,1-2H3,(H,22,24)/t15-,16-/m0/s1. The monoisotopic (exact) mass is 328 g/mol. The average molecular weight is 328 g/mol. The molecule has 6 heteroatoms. The summed E-state index contributed by atoms with van der Waals surface area (Å²) in [6.07, 6.45) is 0.961. The van der Waals surface area contributed by atoms with Crippen molar-refractivity contribution < 1.29 is 9.18 Å². The van der Waals surface area contributed by atoms with E-state index in [0.717, 1.165) is 11.3 Å². The van der Waals surface area contributed by atoms with E-state index >= 15 is 0 Å². The molecule has 2 atom stereocenters. The number of carbonyl (C=O) groups is 1. The van der Waals surface area contributed by atoms with Gasteiger partial charge < -0.3 is 10.2 Å². The van der Waals surface area contributed by atoms with Crippen LogP contribution in [0, 0.1) is 6.92 Å². The molecular formula is C18H21FN4O. The summed E-state index contributed by atoms with van der Waals surface area (Å²) in [5, 5.41) is 2.67. The molecule has 1 saturated heterocycles. The Morgan fingerprint density at radius 3 is 2.71 bits per heavy atom. The molecule has 1 N–H and O–H groups in total. The normalized spacial score (nSPS) is 20.7. The second kappa shape index (κ2) is 6.95. The van der Waals surface area contributed by atoms with Gasteiger partial charge in [0.05, 0.1) is 18.3 Å². The first-order valence-electron chi connectivity index (χ1n) is 8.08. The van der Waals surface area contributed by atoms with Crippen LogP contribution in [0.15, 0.2) is 36.7 Å². The Morgan fingerprint density at radius 1 is 1.29 bits per heavy atom. The smallest absolute Gasteiger partial charge is 0.217 e. The first-order valence-corrected chi connectivity index (χ1v) is 8.08. The number of rotatable bonds is 3. The van der Waals surface area contributed by atoms with Crippen LogP contribution in [-0.4, -0.2) is 41.2 Å². The second-order valence-electron chi connectivity index (χ2n) is 6.19. The van der Waals surface area contributed by atoms with Crippen molar-refractivity contribution in [2.45, 2.75) is 32.5 Å². The molecule has 0 unspecified atom stereocenters. The number of nitrogens with zero attached hydrogens (tertiary/aromatic N) is 3. The van der Waals surface area contributed by atoms with Gasteiger partial charge >= 0.3 is 0 Å². The molecule has 2 aromatic rings. The summed E-state index contributed by atoms with van der Waals surface area (Å²) in [6.45, 7) is 4.32. The molecule has 24 heavy (non-hydrogen) atoms. The Hall–Kier alpha value is -2.50. The first kappa shape index (κ1) is 16.4. The molecule has 0 radical (unpaired) electrons. The molecule has 126 valence electrons. The van der Waals surface area contributed by atoms with E-state index in [9.17, 15) is 9.18 Å². The van der Waals surface area contributed by atoms with Crippen molar-refractivity contribution in [1.29, 1.82) is 0 Å². The highest BCUT2D eigenvalue weighted by atomic mass is 19.1. The van der Waals surface area contributed by atoms with Crippen LogP contribution in [0.1, 0.15) is 18.9 Å². The largest absolute Gasteiger partial charge is 0.353 e. The van der Waals surface area contributed by atoms with Gasteiger partial charge in [0.15, 0.2) is 0 Å². The Bertz CT molecular complexity index is 719. The van der Waals surface area contributed by atoms with E-state index in [4.69, 9.17) is 0 Å². The predicted molar refractivity (Wildman–Crippen MR) is 91.5 cm³/mol. The van der Waals surface area contributed by atoms with Gasteiger partial charge in [-0.25, -0.2) is 14.4 Å². The number of aromatic nitrogens is 2. The highest BCUT2D eigenvalue weighted by Crippen LogP contribution is 2.24.